The maximum Gasteiger partial charge on any atom is 0.251 e. The number of hydrogen-bond acceptors (Lipinski definition) is 3. The van der Waals surface area contributed by atoms with E-state index in [1.165, 1.54) is 0 Å². The second-order valence-electron chi connectivity index (χ2n) is 6.31. The van der Waals surface area contributed by atoms with Gasteiger partial charge in [-0.15, -0.1) is 0 Å². The first-order valence-electron chi connectivity index (χ1n) is 9.21. The summed E-state index contributed by atoms with van der Waals surface area (Å²) in [4.78, 5) is 24.5. The maximum absolute atomic E-state index is 12.4. The van der Waals surface area contributed by atoms with Gasteiger partial charge in [-0.2, -0.15) is 0 Å². The van der Waals surface area contributed by atoms with Crippen molar-refractivity contribution in [3.05, 3.63) is 102 Å². The number of para-hydroxylation sites is 1. The van der Waals surface area contributed by atoms with Gasteiger partial charge in [0.1, 0.15) is 0 Å². The molecule has 28 heavy (non-hydrogen) atoms. The predicted octanol–water partition coefficient (Wildman–Crippen LogP) is 3.54. The summed E-state index contributed by atoms with van der Waals surface area (Å²) in [7, 11) is 0. The molecule has 5 heteroatoms. The molecule has 0 aliphatic heterocycles. The zero-order valence-corrected chi connectivity index (χ0v) is 15.5. The summed E-state index contributed by atoms with van der Waals surface area (Å²) in [6.45, 7) is 0.820. The molecule has 3 aromatic carbocycles. The van der Waals surface area contributed by atoms with Crippen LogP contribution in [-0.2, 0) is 11.3 Å². The van der Waals surface area contributed by atoms with Crippen LogP contribution in [0.15, 0.2) is 91.0 Å². The molecule has 2 N–H and O–H groups in total. The van der Waals surface area contributed by atoms with Crippen LogP contribution in [0.4, 0.5) is 5.69 Å². The van der Waals surface area contributed by atoms with Gasteiger partial charge in [-0.1, -0.05) is 66.7 Å². The largest absolute Gasteiger partial charge is 0.352 e. The molecule has 2 amide bonds. The maximum atomic E-state index is 12.4. The zero-order valence-electron chi connectivity index (χ0n) is 15.5. The van der Waals surface area contributed by atoms with Crippen molar-refractivity contribution in [2.45, 2.75) is 13.0 Å². The third-order valence-corrected chi connectivity index (χ3v) is 4.18. The van der Waals surface area contributed by atoms with Gasteiger partial charge in [0.15, 0.2) is 0 Å². The number of nitrogens with one attached hydrogen (secondary N) is 2. The summed E-state index contributed by atoms with van der Waals surface area (Å²) >= 11 is 0. The van der Waals surface area contributed by atoms with Crippen LogP contribution in [0.1, 0.15) is 22.3 Å². The summed E-state index contributed by atoms with van der Waals surface area (Å²) in [6.07, 6.45) is 0.191. The summed E-state index contributed by atoms with van der Waals surface area (Å²) in [5.41, 5.74) is 5.50. The topological polar surface area (TPSA) is 61.4 Å². The van der Waals surface area contributed by atoms with Gasteiger partial charge in [0, 0.05) is 18.5 Å². The molecule has 5 nitrogen and oxygen atoms in total. The van der Waals surface area contributed by atoms with E-state index in [1.54, 1.807) is 12.1 Å². The first-order chi connectivity index (χ1) is 13.7. The van der Waals surface area contributed by atoms with Crippen LogP contribution in [0, 0.1) is 0 Å². The van der Waals surface area contributed by atoms with Crippen LogP contribution < -0.4 is 15.8 Å². The average Bonchev–Trinajstić information content (AvgIpc) is 2.75. The summed E-state index contributed by atoms with van der Waals surface area (Å²) < 4.78 is 0. The Labute approximate surface area is 165 Å². The van der Waals surface area contributed by atoms with E-state index in [4.69, 9.17) is 0 Å². The fraction of sp³-hybridized carbons (Fsp3) is 0.130. The van der Waals surface area contributed by atoms with Gasteiger partial charge in [-0.3, -0.25) is 20.0 Å². The van der Waals surface area contributed by atoms with Crippen LogP contribution in [0.3, 0.4) is 0 Å². The number of hydrogen-bond donors (Lipinski definition) is 2. The number of carbonyl (C=O) groups excluding carboxylic acids is 2. The highest BCUT2D eigenvalue weighted by Gasteiger charge is 2.12. The number of nitrogens with zero attached hydrogens (tertiary/aromatic N) is 1. The Balaban J connectivity index is 1.56. The molecule has 0 unspecified atom stereocenters. The second kappa shape index (κ2) is 9.92. The van der Waals surface area contributed by atoms with Gasteiger partial charge < -0.3 is 5.32 Å². The molecule has 0 saturated heterocycles. The summed E-state index contributed by atoms with van der Waals surface area (Å²) in [5.74, 6) is -0.342. The minimum Gasteiger partial charge on any atom is -0.352 e. The van der Waals surface area contributed by atoms with Gasteiger partial charge in [0.2, 0.25) is 5.91 Å². The van der Waals surface area contributed by atoms with E-state index in [0.29, 0.717) is 12.1 Å². The summed E-state index contributed by atoms with van der Waals surface area (Å²) in [6, 6.07) is 28.6. The number of rotatable bonds is 8. The standard InChI is InChI=1S/C23H23N3O2/c27-22(16-17-24-23(28)20-12-6-2-7-13-20)25-26(21-14-8-3-9-15-21)18-19-10-4-1-5-11-19/h1-15H,16-18H2,(H,24,28)(H,25,27). The number of hydrazine groups is 1. The highest BCUT2D eigenvalue weighted by Crippen LogP contribution is 2.14. The van der Waals surface area contributed by atoms with Crippen molar-refractivity contribution in [3.8, 4) is 0 Å². The Hall–Kier alpha value is -3.60. The monoisotopic (exact) mass is 373 g/mol. The van der Waals surface area contributed by atoms with E-state index in [-0.39, 0.29) is 24.8 Å². The molecule has 0 fully saturated rings. The Morgan fingerprint density at radius 1 is 0.750 bits per heavy atom. The molecule has 0 heterocycles. The molecule has 3 rings (SSSR count). The smallest absolute Gasteiger partial charge is 0.251 e. The van der Waals surface area contributed by atoms with Crippen molar-refractivity contribution in [2.75, 3.05) is 11.6 Å². The van der Waals surface area contributed by atoms with Gasteiger partial charge in [0.05, 0.1) is 12.2 Å². The van der Waals surface area contributed by atoms with Gasteiger partial charge in [-0.05, 0) is 29.8 Å². The molecule has 0 atom stereocenters. The second-order valence-corrected chi connectivity index (χ2v) is 6.31. The Kier molecular flexibility index (Phi) is 6.79. The summed E-state index contributed by atoms with van der Waals surface area (Å²) in [5, 5.41) is 4.59. The number of carbonyl (C=O) groups is 2. The third-order valence-electron chi connectivity index (χ3n) is 4.18. The number of amides is 2. The lowest BCUT2D eigenvalue weighted by Gasteiger charge is -2.25. The number of anilines is 1. The lowest BCUT2D eigenvalue weighted by molar-refractivity contribution is -0.121. The van der Waals surface area contributed by atoms with Crippen LogP contribution >= 0.6 is 0 Å². The van der Waals surface area contributed by atoms with E-state index in [0.717, 1.165) is 11.3 Å². The first-order valence-corrected chi connectivity index (χ1v) is 9.21. The Morgan fingerprint density at radius 3 is 1.96 bits per heavy atom. The van der Waals surface area contributed by atoms with E-state index in [9.17, 15) is 9.59 Å². The quantitative estimate of drug-likeness (QED) is 0.594. The molecule has 0 aliphatic carbocycles. The minimum atomic E-state index is -0.183. The molecule has 3 aromatic rings. The highest BCUT2D eigenvalue weighted by molar-refractivity contribution is 5.94. The molecule has 142 valence electrons. The molecule has 0 aliphatic rings. The predicted molar refractivity (Wildman–Crippen MR) is 111 cm³/mol. The normalized spacial score (nSPS) is 10.1. The molecular formula is C23H23N3O2. The zero-order chi connectivity index (χ0) is 19.6. The van der Waals surface area contributed by atoms with E-state index in [1.807, 2.05) is 83.9 Å². The van der Waals surface area contributed by atoms with Crippen molar-refractivity contribution >= 4 is 17.5 Å². The third kappa shape index (κ3) is 5.71. The molecule has 0 aromatic heterocycles. The van der Waals surface area contributed by atoms with Crippen molar-refractivity contribution in [2.24, 2.45) is 0 Å². The first kappa shape index (κ1) is 19.2. The molecule has 0 radical (unpaired) electrons. The van der Waals surface area contributed by atoms with E-state index < -0.39 is 0 Å². The molecule has 0 bridgehead atoms. The van der Waals surface area contributed by atoms with Crippen molar-refractivity contribution in [1.29, 1.82) is 0 Å². The molecular weight excluding hydrogens is 350 g/mol. The fourth-order valence-corrected chi connectivity index (χ4v) is 2.76. The Morgan fingerprint density at radius 2 is 1.32 bits per heavy atom. The Bertz CT molecular complexity index is 883. The van der Waals surface area contributed by atoms with Crippen molar-refractivity contribution < 1.29 is 9.59 Å². The van der Waals surface area contributed by atoms with Crippen LogP contribution in [0.2, 0.25) is 0 Å². The van der Waals surface area contributed by atoms with E-state index >= 15 is 0 Å². The lowest BCUT2D eigenvalue weighted by Crippen LogP contribution is -2.43. The van der Waals surface area contributed by atoms with E-state index in [2.05, 4.69) is 10.7 Å². The highest BCUT2D eigenvalue weighted by atomic mass is 16.2. The van der Waals surface area contributed by atoms with Crippen molar-refractivity contribution in [1.82, 2.24) is 10.7 Å². The van der Waals surface area contributed by atoms with Crippen molar-refractivity contribution in [3.63, 3.8) is 0 Å². The van der Waals surface area contributed by atoms with Crippen LogP contribution in [0.5, 0.6) is 0 Å². The molecule has 0 saturated carbocycles. The SMILES string of the molecule is O=C(CCNC(=O)c1ccccc1)NN(Cc1ccccc1)c1ccccc1. The van der Waals surface area contributed by atoms with Crippen LogP contribution in [0.25, 0.3) is 0 Å². The van der Waals surface area contributed by atoms with Gasteiger partial charge >= 0.3 is 0 Å². The lowest BCUT2D eigenvalue weighted by atomic mass is 10.2. The van der Waals surface area contributed by atoms with Crippen LogP contribution in [-0.4, -0.2) is 18.4 Å². The van der Waals surface area contributed by atoms with Gasteiger partial charge in [0.25, 0.3) is 5.91 Å². The average molecular weight is 373 g/mol. The molecule has 0 spiro atoms. The fourth-order valence-electron chi connectivity index (χ4n) is 2.76. The number of benzene rings is 3. The van der Waals surface area contributed by atoms with Gasteiger partial charge in [-0.25, -0.2) is 0 Å². The minimum absolute atomic E-state index is 0.159.